The minimum Gasteiger partial charge on any atom is -0.480 e. The number of carbonyl (C=O) groups excluding carboxylic acids is 1. The van der Waals surface area contributed by atoms with Crippen LogP contribution in [0.15, 0.2) is 0 Å². The van der Waals surface area contributed by atoms with Crippen LogP contribution in [0.4, 0.5) is 0 Å². The predicted molar refractivity (Wildman–Crippen MR) is 64.0 cm³/mol. The maximum atomic E-state index is 10.1. The molecule has 0 radical (unpaired) electrons. The van der Waals surface area contributed by atoms with Crippen LogP contribution >= 0.6 is 0 Å². The van der Waals surface area contributed by atoms with Gasteiger partial charge in [0.05, 0.1) is 27.7 Å². The number of nitrogens with zero attached hydrogens (tertiary/aromatic N) is 1. The van der Waals surface area contributed by atoms with Crippen LogP contribution in [-0.2, 0) is 9.59 Å². The van der Waals surface area contributed by atoms with Crippen molar-refractivity contribution >= 4 is 11.9 Å². The Bertz CT molecular complexity index is 238. The average molecular weight is 250 g/mol. The van der Waals surface area contributed by atoms with E-state index in [9.17, 15) is 9.59 Å². The minimum atomic E-state index is -1.11. The van der Waals surface area contributed by atoms with Gasteiger partial charge < -0.3 is 26.2 Å². The van der Waals surface area contributed by atoms with Gasteiger partial charge in [0.2, 0.25) is 5.91 Å². The quantitative estimate of drug-likeness (QED) is 0.420. The summed E-state index contributed by atoms with van der Waals surface area (Å²) in [6.07, 6.45) is 0.123. The van der Waals surface area contributed by atoms with E-state index in [0.717, 1.165) is 11.0 Å². The molecule has 102 valence electrons. The lowest BCUT2D eigenvalue weighted by atomic mass is 10.2. The van der Waals surface area contributed by atoms with Crippen LogP contribution in [-0.4, -0.2) is 66.9 Å². The number of hydrogen-bond donors (Lipinski definition) is 4. The second kappa shape index (κ2) is 8.91. The van der Waals surface area contributed by atoms with E-state index in [4.69, 9.17) is 21.7 Å². The third-order valence-electron chi connectivity index (χ3n) is 1.79. The van der Waals surface area contributed by atoms with Gasteiger partial charge in [0.15, 0.2) is 0 Å². The molecule has 0 aliphatic heterocycles. The molecule has 1 atom stereocenters. The van der Waals surface area contributed by atoms with Crippen molar-refractivity contribution < 1.29 is 24.3 Å². The number of carboxylic acid groups (broad SMARTS) is 1. The van der Waals surface area contributed by atoms with E-state index in [0.29, 0.717) is 0 Å². The third kappa shape index (κ3) is 17.4. The summed E-state index contributed by atoms with van der Waals surface area (Å²) in [4.78, 5) is 20.1. The fraction of sp³-hybridized carbons (Fsp3) is 0.800. The van der Waals surface area contributed by atoms with Gasteiger partial charge in [-0.2, -0.15) is 0 Å². The van der Waals surface area contributed by atoms with Gasteiger partial charge in [-0.1, -0.05) is 0 Å². The fourth-order valence-corrected chi connectivity index (χ4v) is 0.721. The first kappa shape index (κ1) is 18.2. The summed E-state index contributed by atoms with van der Waals surface area (Å²) < 4.78 is 0.844. The Morgan fingerprint density at radius 1 is 1.29 bits per heavy atom. The van der Waals surface area contributed by atoms with Gasteiger partial charge in [-0.15, -0.1) is 0 Å². The van der Waals surface area contributed by atoms with E-state index in [2.05, 4.69) is 21.1 Å². The summed E-state index contributed by atoms with van der Waals surface area (Å²) in [7, 11) is 6.16. The second-order valence-electron chi connectivity index (χ2n) is 4.69. The molecule has 1 unspecified atom stereocenters. The molecular weight excluding hydrogens is 226 g/mol. The molecule has 0 heterocycles. The van der Waals surface area contributed by atoms with Gasteiger partial charge in [-0.25, -0.2) is 0 Å². The highest BCUT2D eigenvalue weighted by Crippen LogP contribution is 1.92. The highest BCUT2D eigenvalue weighted by Gasteiger charge is 2.11. The Kier molecular flexibility index (Phi) is 9.54. The molecule has 7 heteroatoms. The van der Waals surface area contributed by atoms with Gasteiger partial charge in [0.25, 0.3) is 0 Å². The van der Waals surface area contributed by atoms with Crippen molar-refractivity contribution in [3.8, 4) is 0 Å². The van der Waals surface area contributed by atoms with Crippen molar-refractivity contribution in [3.63, 3.8) is 0 Å². The van der Waals surface area contributed by atoms with E-state index in [1.54, 1.807) is 0 Å². The first-order valence-electron chi connectivity index (χ1n) is 5.28. The first-order valence-corrected chi connectivity index (χ1v) is 5.28. The van der Waals surface area contributed by atoms with Crippen LogP contribution in [0.1, 0.15) is 12.8 Å². The zero-order valence-corrected chi connectivity index (χ0v) is 10.7. The summed E-state index contributed by atoms with van der Waals surface area (Å²) >= 11 is 0. The zero-order chi connectivity index (χ0) is 14.1. The molecule has 6 N–H and O–H groups in total. The highest BCUT2D eigenvalue weighted by atomic mass is 16.4. The predicted octanol–water partition coefficient (Wildman–Crippen LogP) is -1.65. The smallest absolute Gasteiger partial charge is 0.320 e. The van der Waals surface area contributed by atoms with Crippen molar-refractivity contribution in [2.75, 3.05) is 34.3 Å². The number of primary amides is 1. The number of nitrogens with two attached hydrogens (primary N) is 2. The summed E-state index contributed by atoms with van der Waals surface area (Å²) in [5, 5.41) is 16.6. The molecule has 0 spiro atoms. The molecule has 0 bridgehead atoms. The average Bonchev–Trinajstić information content (AvgIpc) is 2.12. The number of likely N-dealkylation sites (N-methyl/N-ethyl adjacent to an activating group) is 1. The summed E-state index contributed by atoms with van der Waals surface area (Å²) in [6, 6.07) is -0.979. The molecule has 17 heavy (non-hydrogen) atoms. The standard InChI is InChI=1S/C5H10N2O3.C5H14NO/c6-3(5(9)10)1-2-4(7)8;1-6(2,3)4-5-7/h3H,1-2,6H2,(H2,7,8)(H,9,10);7H,4-5H2,1-3H3/q;+1. The van der Waals surface area contributed by atoms with Crippen LogP contribution in [0.25, 0.3) is 0 Å². The number of aliphatic carboxylic acids is 1. The number of rotatable bonds is 6. The number of aliphatic hydroxyl groups is 1. The van der Waals surface area contributed by atoms with Crippen molar-refractivity contribution in [2.24, 2.45) is 11.5 Å². The summed E-state index contributed by atoms with van der Waals surface area (Å²) in [5.41, 5.74) is 9.81. The minimum absolute atomic E-state index is 0.0213. The number of quaternary nitrogens is 1. The van der Waals surface area contributed by atoms with Crippen molar-refractivity contribution in [1.29, 1.82) is 0 Å². The molecule has 0 saturated carbocycles. The van der Waals surface area contributed by atoms with E-state index in [1.165, 1.54) is 0 Å². The van der Waals surface area contributed by atoms with Gasteiger partial charge >= 0.3 is 5.97 Å². The Balaban J connectivity index is 0. The molecule has 0 aliphatic carbocycles. The number of amides is 1. The van der Waals surface area contributed by atoms with Gasteiger partial charge in [0.1, 0.15) is 12.6 Å². The highest BCUT2D eigenvalue weighted by molar-refractivity contribution is 5.76. The summed E-state index contributed by atoms with van der Waals surface area (Å²) in [6.45, 7) is 1.11. The number of aliphatic hydroxyl groups excluding tert-OH is 1. The van der Waals surface area contributed by atoms with E-state index < -0.39 is 17.9 Å². The molecule has 0 fully saturated rings. The summed E-state index contributed by atoms with van der Waals surface area (Å²) in [5.74, 6) is -1.64. The Morgan fingerprint density at radius 2 is 1.76 bits per heavy atom. The van der Waals surface area contributed by atoms with E-state index >= 15 is 0 Å². The van der Waals surface area contributed by atoms with Crippen LogP contribution < -0.4 is 11.5 Å². The fourth-order valence-electron chi connectivity index (χ4n) is 0.721. The van der Waals surface area contributed by atoms with Gasteiger partial charge in [0, 0.05) is 6.42 Å². The molecule has 0 aromatic rings. The van der Waals surface area contributed by atoms with Crippen LogP contribution in [0.5, 0.6) is 0 Å². The molecule has 7 nitrogen and oxygen atoms in total. The van der Waals surface area contributed by atoms with Crippen molar-refractivity contribution in [1.82, 2.24) is 0 Å². The van der Waals surface area contributed by atoms with E-state index in [-0.39, 0.29) is 19.4 Å². The van der Waals surface area contributed by atoms with Crippen molar-refractivity contribution in [2.45, 2.75) is 18.9 Å². The Hall–Kier alpha value is -1.18. The van der Waals surface area contributed by atoms with Gasteiger partial charge in [-0.3, -0.25) is 9.59 Å². The molecule has 0 aliphatic rings. The molecule has 1 amide bonds. The molecule has 0 rings (SSSR count). The zero-order valence-electron chi connectivity index (χ0n) is 10.7. The van der Waals surface area contributed by atoms with Crippen molar-refractivity contribution in [3.05, 3.63) is 0 Å². The van der Waals surface area contributed by atoms with Crippen LogP contribution in [0.2, 0.25) is 0 Å². The third-order valence-corrected chi connectivity index (χ3v) is 1.79. The maximum absolute atomic E-state index is 10.1. The molecular formula is C10H24N3O4+. The largest absolute Gasteiger partial charge is 0.480 e. The number of carbonyl (C=O) groups is 2. The normalized spacial score (nSPS) is 12.3. The Labute approximate surface area is 102 Å². The van der Waals surface area contributed by atoms with E-state index in [1.807, 2.05) is 0 Å². The Morgan fingerprint density at radius 3 is 1.94 bits per heavy atom. The van der Waals surface area contributed by atoms with Crippen LogP contribution in [0.3, 0.4) is 0 Å². The maximum Gasteiger partial charge on any atom is 0.320 e. The van der Waals surface area contributed by atoms with Crippen LogP contribution in [0, 0.1) is 0 Å². The first-order chi connectivity index (χ1) is 7.60. The second-order valence-corrected chi connectivity index (χ2v) is 4.69. The lowest BCUT2D eigenvalue weighted by molar-refractivity contribution is -0.870. The molecule has 0 aromatic carbocycles. The topological polar surface area (TPSA) is 127 Å². The lowest BCUT2D eigenvalue weighted by Crippen LogP contribution is -2.36. The monoisotopic (exact) mass is 250 g/mol. The van der Waals surface area contributed by atoms with Gasteiger partial charge in [-0.05, 0) is 6.42 Å². The molecule has 0 aromatic heterocycles. The number of hydrogen-bond acceptors (Lipinski definition) is 4. The number of carboxylic acids is 1. The lowest BCUT2D eigenvalue weighted by Gasteiger charge is -2.21. The SMILES string of the molecule is C[N+](C)(C)CCO.NC(=O)CCC(N)C(=O)O. The molecule has 0 saturated heterocycles.